The van der Waals surface area contributed by atoms with Crippen molar-refractivity contribution in [2.24, 2.45) is 0 Å². The zero-order valence-corrected chi connectivity index (χ0v) is 13.3. The van der Waals surface area contributed by atoms with Crippen LogP contribution in [0, 0.1) is 0 Å². The van der Waals surface area contributed by atoms with Crippen LogP contribution < -0.4 is 5.32 Å². The zero-order chi connectivity index (χ0) is 15.2. The fourth-order valence-electron chi connectivity index (χ4n) is 2.59. The Morgan fingerprint density at radius 1 is 1.24 bits per heavy atom. The Morgan fingerprint density at radius 2 is 1.86 bits per heavy atom. The van der Waals surface area contributed by atoms with E-state index in [9.17, 15) is 9.59 Å². The number of hydrogen-bond donors (Lipinski definition) is 2. The van der Waals surface area contributed by atoms with Gasteiger partial charge in [-0.3, -0.25) is 14.5 Å². The van der Waals surface area contributed by atoms with Gasteiger partial charge in [0.2, 0.25) is 5.91 Å². The van der Waals surface area contributed by atoms with Crippen molar-refractivity contribution in [3.05, 3.63) is 34.3 Å². The Labute approximate surface area is 132 Å². The molecule has 1 amide bonds. The first-order valence-corrected chi connectivity index (χ1v) is 7.80. The summed E-state index contributed by atoms with van der Waals surface area (Å²) in [4.78, 5) is 24.0. The summed E-state index contributed by atoms with van der Waals surface area (Å²) < 4.78 is 1.08. The van der Waals surface area contributed by atoms with E-state index in [1.807, 2.05) is 0 Å². The Kier molecular flexibility index (Phi) is 5.76. The van der Waals surface area contributed by atoms with E-state index in [1.165, 1.54) is 5.56 Å². The predicted molar refractivity (Wildman–Crippen MR) is 83.2 cm³/mol. The molecule has 0 radical (unpaired) electrons. The minimum absolute atomic E-state index is 0.223. The van der Waals surface area contributed by atoms with E-state index in [4.69, 9.17) is 5.11 Å². The molecule has 0 spiro atoms. The monoisotopic (exact) mass is 354 g/mol. The van der Waals surface area contributed by atoms with Crippen molar-refractivity contribution in [3.8, 4) is 0 Å². The highest BCUT2D eigenvalue weighted by atomic mass is 79.9. The van der Waals surface area contributed by atoms with Crippen molar-refractivity contribution < 1.29 is 14.7 Å². The summed E-state index contributed by atoms with van der Waals surface area (Å²) in [6.45, 7) is 1.69. The topological polar surface area (TPSA) is 69.6 Å². The fourth-order valence-corrected chi connectivity index (χ4v) is 2.86. The van der Waals surface area contributed by atoms with Crippen LogP contribution in [0.3, 0.4) is 0 Å². The second-order valence-electron chi connectivity index (χ2n) is 5.27. The van der Waals surface area contributed by atoms with Crippen LogP contribution in [-0.2, 0) is 9.59 Å². The lowest BCUT2D eigenvalue weighted by Gasteiger charge is -2.31. The number of aliphatic carboxylic acids is 1. The SMILES string of the molecule is O=C(O)CNC(=O)CN1CCC(c2ccc(Br)cc2)CC1. The molecule has 1 aromatic rings. The lowest BCUT2D eigenvalue weighted by Crippen LogP contribution is -2.42. The lowest BCUT2D eigenvalue weighted by molar-refractivity contribution is -0.138. The Bertz CT molecular complexity index is 496. The number of amides is 1. The molecular weight excluding hydrogens is 336 g/mol. The summed E-state index contributed by atoms with van der Waals surface area (Å²) in [5, 5.41) is 10.9. The van der Waals surface area contributed by atoms with Gasteiger partial charge in [0.1, 0.15) is 6.54 Å². The molecule has 1 aliphatic rings. The Hall–Kier alpha value is -1.40. The number of carbonyl (C=O) groups excluding carboxylic acids is 1. The molecule has 1 saturated heterocycles. The second kappa shape index (κ2) is 7.56. The normalized spacial score (nSPS) is 16.6. The molecule has 2 N–H and O–H groups in total. The number of nitrogens with one attached hydrogen (secondary N) is 1. The van der Waals surface area contributed by atoms with Crippen LogP contribution >= 0.6 is 15.9 Å². The number of piperidine rings is 1. The maximum Gasteiger partial charge on any atom is 0.322 e. The van der Waals surface area contributed by atoms with Crippen LogP contribution in [-0.4, -0.2) is 48.1 Å². The van der Waals surface area contributed by atoms with Crippen LogP contribution in [0.5, 0.6) is 0 Å². The average molecular weight is 355 g/mol. The average Bonchev–Trinajstić information content (AvgIpc) is 2.47. The summed E-state index contributed by atoms with van der Waals surface area (Å²) in [5.41, 5.74) is 1.34. The van der Waals surface area contributed by atoms with Crippen LogP contribution in [0.25, 0.3) is 0 Å². The van der Waals surface area contributed by atoms with Gasteiger partial charge < -0.3 is 10.4 Å². The van der Waals surface area contributed by atoms with Gasteiger partial charge in [-0.2, -0.15) is 0 Å². The van der Waals surface area contributed by atoms with E-state index in [2.05, 4.69) is 50.4 Å². The van der Waals surface area contributed by atoms with Crippen LogP contribution in [0.1, 0.15) is 24.3 Å². The van der Waals surface area contributed by atoms with Gasteiger partial charge >= 0.3 is 5.97 Å². The highest BCUT2D eigenvalue weighted by molar-refractivity contribution is 9.10. The highest BCUT2D eigenvalue weighted by Gasteiger charge is 2.22. The van der Waals surface area contributed by atoms with Crippen molar-refractivity contribution in [1.82, 2.24) is 10.2 Å². The second-order valence-corrected chi connectivity index (χ2v) is 6.19. The molecule has 2 rings (SSSR count). The third-order valence-electron chi connectivity index (χ3n) is 3.73. The molecule has 1 fully saturated rings. The minimum Gasteiger partial charge on any atom is -0.480 e. The third kappa shape index (κ3) is 5.13. The molecule has 0 bridgehead atoms. The first kappa shape index (κ1) is 16.0. The molecule has 21 heavy (non-hydrogen) atoms. The van der Waals surface area contributed by atoms with Crippen molar-refractivity contribution in [1.29, 1.82) is 0 Å². The molecule has 0 aromatic heterocycles. The number of benzene rings is 1. The smallest absolute Gasteiger partial charge is 0.322 e. The molecule has 0 unspecified atom stereocenters. The quantitative estimate of drug-likeness (QED) is 0.846. The van der Waals surface area contributed by atoms with E-state index in [0.29, 0.717) is 5.92 Å². The van der Waals surface area contributed by atoms with E-state index in [0.717, 1.165) is 30.4 Å². The number of carbonyl (C=O) groups is 2. The molecule has 6 heteroatoms. The molecule has 1 aliphatic heterocycles. The van der Waals surface area contributed by atoms with E-state index < -0.39 is 5.97 Å². The van der Waals surface area contributed by atoms with Crippen LogP contribution in [0.4, 0.5) is 0 Å². The summed E-state index contributed by atoms with van der Waals surface area (Å²) in [6.07, 6.45) is 2.04. The molecule has 1 heterocycles. The zero-order valence-electron chi connectivity index (χ0n) is 11.7. The Balaban J connectivity index is 1.76. The maximum atomic E-state index is 11.6. The van der Waals surface area contributed by atoms with Gasteiger partial charge in [0.25, 0.3) is 0 Å². The van der Waals surface area contributed by atoms with Gasteiger partial charge in [-0.15, -0.1) is 0 Å². The standard InChI is InChI=1S/C15H19BrN2O3/c16-13-3-1-11(2-4-13)12-5-7-18(8-6-12)10-14(19)17-9-15(20)21/h1-4,12H,5-10H2,(H,17,19)(H,20,21). The van der Waals surface area contributed by atoms with Gasteiger partial charge in [0.05, 0.1) is 6.54 Å². The van der Waals surface area contributed by atoms with Crippen LogP contribution in [0.2, 0.25) is 0 Å². The molecule has 114 valence electrons. The predicted octanol–water partition coefficient (Wildman–Crippen LogP) is 1.83. The number of nitrogens with zero attached hydrogens (tertiary/aromatic N) is 1. The van der Waals surface area contributed by atoms with Gasteiger partial charge in [-0.1, -0.05) is 28.1 Å². The van der Waals surface area contributed by atoms with Crippen molar-refractivity contribution in [2.75, 3.05) is 26.2 Å². The summed E-state index contributed by atoms with van der Waals surface area (Å²) in [6, 6.07) is 8.40. The first-order chi connectivity index (χ1) is 10.0. The third-order valence-corrected chi connectivity index (χ3v) is 4.26. The number of carboxylic acid groups (broad SMARTS) is 1. The highest BCUT2D eigenvalue weighted by Crippen LogP contribution is 2.28. The number of halogens is 1. The molecule has 0 saturated carbocycles. The first-order valence-electron chi connectivity index (χ1n) is 7.01. The number of carboxylic acids is 1. The molecular formula is C15H19BrN2O3. The van der Waals surface area contributed by atoms with E-state index >= 15 is 0 Å². The maximum absolute atomic E-state index is 11.6. The minimum atomic E-state index is -1.02. The van der Waals surface area contributed by atoms with Gasteiger partial charge in [-0.25, -0.2) is 0 Å². The molecule has 0 atom stereocenters. The van der Waals surface area contributed by atoms with Crippen LogP contribution in [0.15, 0.2) is 28.7 Å². The number of rotatable bonds is 5. The van der Waals surface area contributed by atoms with E-state index in [-0.39, 0.29) is 19.0 Å². The fraction of sp³-hybridized carbons (Fsp3) is 0.467. The Morgan fingerprint density at radius 3 is 2.43 bits per heavy atom. The molecule has 5 nitrogen and oxygen atoms in total. The van der Waals surface area contributed by atoms with E-state index in [1.54, 1.807) is 0 Å². The van der Waals surface area contributed by atoms with Crippen molar-refractivity contribution in [3.63, 3.8) is 0 Å². The lowest BCUT2D eigenvalue weighted by atomic mass is 9.89. The number of hydrogen-bond acceptors (Lipinski definition) is 3. The number of likely N-dealkylation sites (tertiary alicyclic amines) is 1. The van der Waals surface area contributed by atoms with Gasteiger partial charge in [0, 0.05) is 4.47 Å². The van der Waals surface area contributed by atoms with Crippen molar-refractivity contribution >= 4 is 27.8 Å². The largest absolute Gasteiger partial charge is 0.480 e. The van der Waals surface area contributed by atoms with Gasteiger partial charge in [-0.05, 0) is 49.5 Å². The molecule has 0 aliphatic carbocycles. The van der Waals surface area contributed by atoms with Gasteiger partial charge in [0.15, 0.2) is 0 Å². The summed E-state index contributed by atoms with van der Waals surface area (Å²) in [5.74, 6) is -0.701. The summed E-state index contributed by atoms with van der Waals surface area (Å²) in [7, 11) is 0. The van der Waals surface area contributed by atoms with Crippen molar-refractivity contribution in [2.45, 2.75) is 18.8 Å². The molecule has 1 aromatic carbocycles. The summed E-state index contributed by atoms with van der Waals surface area (Å²) >= 11 is 3.44.